The van der Waals surface area contributed by atoms with Gasteiger partial charge in [0, 0.05) is 0 Å². The summed E-state index contributed by atoms with van der Waals surface area (Å²) in [6, 6.07) is 2.26. The monoisotopic (exact) mass is 447 g/mol. The van der Waals surface area contributed by atoms with Crippen LogP contribution in [0.2, 0.25) is 0 Å². The first-order valence-corrected chi connectivity index (χ1v) is 9.08. The Hall–Kier alpha value is -0.392. The molecule has 0 spiro atoms. The Labute approximate surface area is 135 Å². The van der Waals surface area contributed by atoms with E-state index in [1.54, 1.807) is 0 Å². The molecule has 20 heavy (non-hydrogen) atoms. The molecule has 0 unspecified atom stereocenters. The number of hydrogen-bond donors (Lipinski definition) is 0. The van der Waals surface area contributed by atoms with Gasteiger partial charge in [0.05, 0.1) is 0 Å². The first-order chi connectivity index (χ1) is 9.23. The van der Waals surface area contributed by atoms with Gasteiger partial charge in [-0.2, -0.15) is 0 Å². The molecular formula is C16H29N3W. The predicted octanol–water partition coefficient (Wildman–Crippen LogP) is 3.27. The molecule has 0 aromatic heterocycles. The van der Waals surface area contributed by atoms with Crippen LogP contribution in [0.4, 0.5) is 0 Å². The Morgan fingerprint density at radius 2 is 1.10 bits per heavy atom. The van der Waals surface area contributed by atoms with Gasteiger partial charge in [0.1, 0.15) is 0 Å². The number of rotatable bonds is 7. The van der Waals surface area contributed by atoms with Crippen molar-refractivity contribution < 1.29 is 19.4 Å². The molecule has 114 valence electrons. The van der Waals surface area contributed by atoms with Crippen LogP contribution in [0.5, 0.6) is 0 Å². The minimum absolute atomic E-state index is 0.238. The van der Waals surface area contributed by atoms with Gasteiger partial charge < -0.3 is 0 Å². The van der Waals surface area contributed by atoms with Crippen LogP contribution in [-0.2, 0) is 19.4 Å². The molecule has 0 aromatic rings. The Kier molecular flexibility index (Phi) is 6.22. The Bertz CT molecular complexity index is 371. The van der Waals surface area contributed by atoms with Crippen molar-refractivity contribution >= 4 is 4.19 Å². The fraction of sp³-hybridized carbons (Fsp3) is 0.812. The molecule has 1 rings (SSSR count). The second-order valence-corrected chi connectivity index (χ2v) is 7.24. The molecule has 0 fully saturated rings. The standard InChI is InChI=1S/C16H29N3.W/c1-10(2)18(11(3)4)15-14(17-9)16(15)19(12(5)6)13(7)8;/h10-14H,1-8H3;. The fourth-order valence-corrected chi connectivity index (χ4v) is 3.59. The topological polar surface area (TPSA) is 18.8 Å². The predicted molar refractivity (Wildman–Crippen MR) is 82.5 cm³/mol. The van der Waals surface area contributed by atoms with Crippen LogP contribution in [-0.4, -0.2) is 44.2 Å². The van der Waals surface area contributed by atoms with Gasteiger partial charge in [-0.05, 0) is 0 Å². The van der Waals surface area contributed by atoms with Crippen molar-refractivity contribution in [3.63, 3.8) is 0 Å². The molecule has 0 heterocycles. The van der Waals surface area contributed by atoms with E-state index in [2.05, 4.69) is 74.4 Å². The first-order valence-electron chi connectivity index (χ1n) is 7.61. The SMILES string of the molecule is CC(C)N(C1=C(N(C(C)C)C(C)C)C1N=[C]=[W])C(C)C. The third-order valence-corrected chi connectivity index (χ3v) is 4.04. The third-order valence-electron chi connectivity index (χ3n) is 3.66. The number of nitrogens with zero attached hydrogens (tertiary/aromatic N) is 3. The number of hydrogen-bond acceptors (Lipinski definition) is 3. The van der Waals surface area contributed by atoms with E-state index in [-0.39, 0.29) is 6.04 Å². The maximum absolute atomic E-state index is 4.60. The summed E-state index contributed by atoms with van der Waals surface area (Å²) in [7, 11) is 0. The summed E-state index contributed by atoms with van der Waals surface area (Å²) >= 11 is 1.30. The van der Waals surface area contributed by atoms with Crippen molar-refractivity contribution in [3.05, 3.63) is 11.4 Å². The van der Waals surface area contributed by atoms with Crippen molar-refractivity contribution in [2.45, 2.75) is 85.6 Å². The maximum atomic E-state index is 4.60. The average Bonchev–Trinajstić information content (AvgIpc) is 2.90. The second-order valence-electron chi connectivity index (χ2n) is 6.58. The minimum atomic E-state index is 0.238. The summed E-state index contributed by atoms with van der Waals surface area (Å²) < 4.78 is 3.07. The molecule has 1 aliphatic carbocycles. The van der Waals surface area contributed by atoms with Crippen LogP contribution in [0.3, 0.4) is 0 Å². The van der Waals surface area contributed by atoms with Crippen LogP contribution in [0.25, 0.3) is 0 Å². The van der Waals surface area contributed by atoms with E-state index in [0.29, 0.717) is 24.2 Å². The van der Waals surface area contributed by atoms with Crippen molar-refractivity contribution in [2.24, 2.45) is 4.99 Å². The summed E-state index contributed by atoms with van der Waals surface area (Å²) in [4.78, 5) is 9.62. The van der Waals surface area contributed by atoms with E-state index in [1.807, 2.05) is 0 Å². The summed E-state index contributed by atoms with van der Waals surface area (Å²) in [5.74, 6) is 0. The molecule has 0 bridgehead atoms. The molecule has 0 saturated heterocycles. The molecule has 0 radical (unpaired) electrons. The molecule has 0 saturated carbocycles. The molecule has 0 aliphatic heterocycles. The molecule has 3 nitrogen and oxygen atoms in total. The third kappa shape index (κ3) is 3.62. The molecular weight excluding hydrogens is 418 g/mol. The van der Waals surface area contributed by atoms with E-state index in [0.717, 1.165) is 0 Å². The quantitative estimate of drug-likeness (QED) is 0.559. The van der Waals surface area contributed by atoms with E-state index < -0.39 is 0 Å². The molecule has 0 N–H and O–H groups in total. The van der Waals surface area contributed by atoms with Gasteiger partial charge in [0.25, 0.3) is 0 Å². The van der Waals surface area contributed by atoms with Crippen molar-refractivity contribution in [3.8, 4) is 0 Å². The molecule has 4 heteroatoms. The Morgan fingerprint density at radius 1 is 0.800 bits per heavy atom. The van der Waals surface area contributed by atoms with Crippen LogP contribution in [0.15, 0.2) is 16.4 Å². The first kappa shape index (κ1) is 17.7. The summed E-state index contributed by atoms with van der Waals surface area (Å²) in [6.45, 7) is 18.1. The van der Waals surface area contributed by atoms with Gasteiger partial charge in [-0.15, -0.1) is 0 Å². The van der Waals surface area contributed by atoms with Gasteiger partial charge in [-0.3, -0.25) is 0 Å². The molecule has 0 atom stereocenters. The van der Waals surface area contributed by atoms with Crippen molar-refractivity contribution in [2.75, 3.05) is 0 Å². The van der Waals surface area contributed by atoms with Crippen LogP contribution < -0.4 is 0 Å². The van der Waals surface area contributed by atoms with Gasteiger partial charge in [-0.1, -0.05) is 0 Å². The second kappa shape index (κ2) is 7.05. The zero-order valence-electron chi connectivity index (χ0n) is 14.1. The van der Waals surface area contributed by atoms with E-state index in [1.165, 1.54) is 30.7 Å². The van der Waals surface area contributed by atoms with Crippen LogP contribution in [0, 0.1) is 0 Å². The molecule has 0 amide bonds. The summed E-state index contributed by atoms with van der Waals surface area (Å²) in [5.41, 5.74) is 2.82. The summed E-state index contributed by atoms with van der Waals surface area (Å²) in [5, 5.41) is 0. The van der Waals surface area contributed by atoms with Crippen LogP contribution in [0.1, 0.15) is 55.4 Å². The van der Waals surface area contributed by atoms with Crippen molar-refractivity contribution in [1.29, 1.82) is 0 Å². The van der Waals surface area contributed by atoms with Gasteiger partial charge in [0.15, 0.2) is 0 Å². The average molecular weight is 447 g/mol. The van der Waals surface area contributed by atoms with Gasteiger partial charge >= 0.3 is 135 Å². The van der Waals surface area contributed by atoms with E-state index in [9.17, 15) is 0 Å². The Morgan fingerprint density at radius 3 is 1.30 bits per heavy atom. The van der Waals surface area contributed by atoms with Gasteiger partial charge in [-0.25, -0.2) is 0 Å². The molecule has 0 aromatic carbocycles. The molecule has 1 aliphatic rings. The zero-order valence-corrected chi connectivity index (χ0v) is 17.1. The zero-order chi connectivity index (χ0) is 15.6. The van der Waals surface area contributed by atoms with Crippen molar-refractivity contribution in [1.82, 2.24) is 9.80 Å². The van der Waals surface area contributed by atoms with Crippen LogP contribution >= 0.6 is 0 Å². The fourth-order valence-electron chi connectivity index (χ4n) is 3.22. The summed E-state index contributed by atoms with van der Waals surface area (Å²) in [6.07, 6.45) is 0. The van der Waals surface area contributed by atoms with E-state index in [4.69, 9.17) is 0 Å². The van der Waals surface area contributed by atoms with E-state index >= 15 is 0 Å². The normalized spacial score (nSPS) is 15.4. The van der Waals surface area contributed by atoms with Gasteiger partial charge in [0.2, 0.25) is 0 Å². The Balaban J connectivity index is 3.19. The number of aliphatic imine (C=N–C) groups is 1.